The van der Waals surface area contributed by atoms with Gasteiger partial charge in [0.15, 0.2) is 0 Å². The molecule has 1 saturated carbocycles. The van der Waals surface area contributed by atoms with Crippen molar-refractivity contribution in [2.45, 2.75) is 38.6 Å². The minimum absolute atomic E-state index is 0.294. The van der Waals surface area contributed by atoms with Crippen LogP contribution in [0.2, 0.25) is 0 Å². The first-order valence-corrected chi connectivity index (χ1v) is 5.12. The molecule has 76 valence electrons. The van der Waals surface area contributed by atoms with E-state index in [1.165, 1.54) is 0 Å². The van der Waals surface area contributed by atoms with Gasteiger partial charge >= 0.3 is 0 Å². The molecule has 1 fully saturated rings. The van der Waals surface area contributed by atoms with Crippen molar-refractivity contribution in [3.05, 3.63) is 12.7 Å². The number of nitrogens with zero attached hydrogens (tertiary/aromatic N) is 3. The zero-order valence-corrected chi connectivity index (χ0v) is 8.39. The lowest BCUT2D eigenvalue weighted by Crippen LogP contribution is -2.21. The van der Waals surface area contributed by atoms with Crippen LogP contribution in [-0.2, 0) is 4.79 Å². The van der Waals surface area contributed by atoms with Crippen LogP contribution in [-0.4, -0.2) is 20.5 Å². The molecule has 1 aromatic heterocycles. The molecule has 0 atom stereocenters. The highest BCUT2D eigenvalue weighted by Crippen LogP contribution is 2.31. The van der Waals surface area contributed by atoms with Gasteiger partial charge in [-0.2, -0.15) is 0 Å². The Balaban J connectivity index is 1.93. The smallest absolute Gasteiger partial charge is 0.132 e. The Bertz CT molecular complexity index is 299. The topological polar surface area (TPSA) is 47.8 Å². The Kier molecular flexibility index (Phi) is 2.61. The third kappa shape index (κ3) is 1.84. The highest BCUT2D eigenvalue weighted by atomic mass is 16.1. The first kappa shape index (κ1) is 9.37. The molecule has 14 heavy (non-hydrogen) atoms. The van der Waals surface area contributed by atoms with E-state index in [1.54, 1.807) is 19.6 Å². The van der Waals surface area contributed by atoms with Gasteiger partial charge in [0, 0.05) is 12.0 Å². The molecule has 4 nitrogen and oxygen atoms in total. The van der Waals surface area contributed by atoms with E-state index in [0.717, 1.165) is 25.7 Å². The Hall–Kier alpha value is -1.19. The summed E-state index contributed by atoms with van der Waals surface area (Å²) in [7, 11) is 0. The van der Waals surface area contributed by atoms with Gasteiger partial charge in [-0.1, -0.05) is 0 Å². The standard InChI is InChI=1S/C10H15N3O/c1-8(14)9-2-4-10(5-3-9)13-6-11-12-7-13/h6-7,9-10H,2-5H2,1H3. The monoisotopic (exact) mass is 193 g/mol. The Morgan fingerprint density at radius 3 is 2.29 bits per heavy atom. The molecule has 2 rings (SSSR count). The molecule has 1 aliphatic carbocycles. The maximum absolute atomic E-state index is 11.2. The van der Waals surface area contributed by atoms with Crippen LogP contribution in [0.15, 0.2) is 12.7 Å². The van der Waals surface area contributed by atoms with Gasteiger partial charge in [-0.3, -0.25) is 4.79 Å². The van der Waals surface area contributed by atoms with Gasteiger partial charge in [-0.05, 0) is 32.6 Å². The number of Topliss-reactive ketones (excluding diaryl/α,β-unsaturated/α-hetero) is 1. The zero-order valence-electron chi connectivity index (χ0n) is 8.39. The van der Waals surface area contributed by atoms with Crippen LogP contribution in [0.1, 0.15) is 38.6 Å². The van der Waals surface area contributed by atoms with E-state index in [1.807, 2.05) is 0 Å². The molecule has 0 aliphatic heterocycles. The minimum Gasteiger partial charge on any atom is -0.317 e. The molecule has 0 aromatic carbocycles. The fourth-order valence-corrected chi connectivity index (χ4v) is 2.18. The highest BCUT2D eigenvalue weighted by Gasteiger charge is 2.24. The average Bonchev–Trinajstić information content (AvgIpc) is 2.71. The molecular formula is C10H15N3O. The normalized spacial score (nSPS) is 27.5. The fourth-order valence-electron chi connectivity index (χ4n) is 2.18. The average molecular weight is 193 g/mol. The lowest BCUT2D eigenvalue weighted by Gasteiger charge is -2.27. The Labute approximate surface area is 83.3 Å². The van der Waals surface area contributed by atoms with Crippen LogP contribution in [0, 0.1) is 5.92 Å². The van der Waals surface area contributed by atoms with E-state index in [2.05, 4.69) is 14.8 Å². The molecule has 0 N–H and O–H groups in total. The summed E-state index contributed by atoms with van der Waals surface area (Å²) in [6.07, 6.45) is 7.69. The minimum atomic E-state index is 0.294. The number of aromatic nitrogens is 3. The highest BCUT2D eigenvalue weighted by molar-refractivity contribution is 5.78. The van der Waals surface area contributed by atoms with Crippen LogP contribution >= 0.6 is 0 Å². The molecule has 1 aliphatic rings. The fraction of sp³-hybridized carbons (Fsp3) is 0.700. The van der Waals surface area contributed by atoms with E-state index in [4.69, 9.17) is 0 Å². The SMILES string of the molecule is CC(=O)C1CCC(n2cnnc2)CC1. The zero-order chi connectivity index (χ0) is 9.97. The predicted octanol–water partition coefficient (Wildman–Crippen LogP) is 1.60. The Morgan fingerprint density at radius 2 is 1.79 bits per heavy atom. The van der Waals surface area contributed by atoms with Gasteiger partial charge in [0.05, 0.1) is 0 Å². The van der Waals surface area contributed by atoms with Gasteiger partial charge in [0.2, 0.25) is 0 Å². The molecule has 0 bridgehead atoms. The third-order valence-corrected chi connectivity index (χ3v) is 3.13. The van der Waals surface area contributed by atoms with Crippen molar-refractivity contribution >= 4 is 5.78 Å². The summed E-state index contributed by atoms with van der Waals surface area (Å²) in [5, 5.41) is 7.60. The number of carbonyl (C=O) groups excluding carboxylic acids is 1. The van der Waals surface area contributed by atoms with Crippen molar-refractivity contribution in [1.29, 1.82) is 0 Å². The summed E-state index contributed by atoms with van der Waals surface area (Å²) in [5.41, 5.74) is 0. The van der Waals surface area contributed by atoms with Gasteiger partial charge < -0.3 is 4.57 Å². The largest absolute Gasteiger partial charge is 0.317 e. The van der Waals surface area contributed by atoms with E-state index in [0.29, 0.717) is 17.7 Å². The second-order valence-corrected chi connectivity index (χ2v) is 4.03. The second kappa shape index (κ2) is 3.90. The maximum Gasteiger partial charge on any atom is 0.132 e. The number of rotatable bonds is 2. The predicted molar refractivity (Wildman–Crippen MR) is 51.7 cm³/mol. The number of hydrogen-bond acceptors (Lipinski definition) is 3. The van der Waals surface area contributed by atoms with Gasteiger partial charge in [-0.25, -0.2) is 0 Å². The summed E-state index contributed by atoms with van der Waals surface area (Å²) in [4.78, 5) is 11.2. The maximum atomic E-state index is 11.2. The number of ketones is 1. The molecule has 1 heterocycles. The first-order chi connectivity index (χ1) is 6.77. The second-order valence-electron chi connectivity index (χ2n) is 4.03. The van der Waals surface area contributed by atoms with Crippen molar-refractivity contribution in [3.63, 3.8) is 0 Å². The van der Waals surface area contributed by atoms with Gasteiger partial charge in [0.1, 0.15) is 18.4 Å². The lowest BCUT2D eigenvalue weighted by atomic mass is 9.84. The Morgan fingerprint density at radius 1 is 1.21 bits per heavy atom. The first-order valence-electron chi connectivity index (χ1n) is 5.12. The number of hydrogen-bond donors (Lipinski definition) is 0. The summed E-state index contributed by atoms with van der Waals surface area (Å²) in [6, 6.07) is 0.501. The van der Waals surface area contributed by atoms with Crippen molar-refractivity contribution in [1.82, 2.24) is 14.8 Å². The third-order valence-electron chi connectivity index (χ3n) is 3.13. The molecule has 1 aromatic rings. The molecule has 0 radical (unpaired) electrons. The molecule has 0 amide bonds. The van der Waals surface area contributed by atoms with Crippen LogP contribution in [0.3, 0.4) is 0 Å². The molecule has 0 spiro atoms. The van der Waals surface area contributed by atoms with Crippen LogP contribution in [0.4, 0.5) is 0 Å². The summed E-state index contributed by atoms with van der Waals surface area (Å²) >= 11 is 0. The molecule has 0 saturated heterocycles. The molecule has 4 heteroatoms. The van der Waals surface area contributed by atoms with E-state index < -0.39 is 0 Å². The summed E-state index contributed by atoms with van der Waals surface area (Å²) in [5.74, 6) is 0.634. The van der Waals surface area contributed by atoms with E-state index in [-0.39, 0.29) is 0 Å². The van der Waals surface area contributed by atoms with Crippen LogP contribution < -0.4 is 0 Å². The van der Waals surface area contributed by atoms with E-state index in [9.17, 15) is 4.79 Å². The summed E-state index contributed by atoms with van der Waals surface area (Å²) in [6.45, 7) is 1.70. The van der Waals surface area contributed by atoms with Crippen LogP contribution in [0.5, 0.6) is 0 Å². The van der Waals surface area contributed by atoms with Gasteiger partial charge in [-0.15, -0.1) is 10.2 Å². The van der Waals surface area contributed by atoms with Crippen molar-refractivity contribution in [2.24, 2.45) is 5.92 Å². The lowest BCUT2D eigenvalue weighted by molar-refractivity contribution is -0.121. The van der Waals surface area contributed by atoms with Gasteiger partial charge in [0.25, 0.3) is 0 Å². The van der Waals surface area contributed by atoms with Crippen LogP contribution in [0.25, 0.3) is 0 Å². The molecular weight excluding hydrogens is 178 g/mol. The van der Waals surface area contributed by atoms with E-state index >= 15 is 0 Å². The van der Waals surface area contributed by atoms with Crippen molar-refractivity contribution < 1.29 is 4.79 Å². The summed E-state index contributed by atoms with van der Waals surface area (Å²) < 4.78 is 2.05. The molecule has 0 unspecified atom stereocenters. The quantitative estimate of drug-likeness (QED) is 0.716. The van der Waals surface area contributed by atoms with Crippen molar-refractivity contribution in [3.8, 4) is 0 Å². The van der Waals surface area contributed by atoms with Crippen molar-refractivity contribution in [2.75, 3.05) is 0 Å². The number of carbonyl (C=O) groups is 1.